The van der Waals surface area contributed by atoms with Crippen LogP contribution in [0.1, 0.15) is 235 Å². The highest BCUT2D eigenvalue weighted by Gasteiger charge is 2.33. The monoisotopic (exact) mass is 862 g/mol. The molecule has 0 aliphatic carbocycles. The van der Waals surface area contributed by atoms with Crippen molar-refractivity contribution in [2.75, 3.05) is 52.3 Å². The molecule has 0 bridgehead atoms. The Hall–Kier alpha value is -1.19. The van der Waals surface area contributed by atoms with Gasteiger partial charge >= 0.3 is 11.9 Å². The number of ether oxygens (including phenoxy) is 2. The second kappa shape index (κ2) is 39.4. The van der Waals surface area contributed by atoms with Crippen LogP contribution in [0.15, 0.2) is 24.3 Å². The zero-order valence-corrected chi connectivity index (χ0v) is 42.9. The summed E-state index contributed by atoms with van der Waals surface area (Å²) in [6.45, 7) is 21.0. The number of hydrogen-bond acceptors (Lipinski definition) is 5. The molecule has 0 aromatic rings. The van der Waals surface area contributed by atoms with Gasteiger partial charge < -0.3 is 14.4 Å². The number of allylic oxidation sites excluding steroid dienone is 2. The maximum Gasteiger partial charge on any atom is 0.306 e. The van der Waals surface area contributed by atoms with Gasteiger partial charge in [-0.2, -0.15) is 0 Å². The van der Waals surface area contributed by atoms with Crippen LogP contribution in [0.4, 0.5) is 0 Å². The average molecular weight is 862 g/mol. The van der Waals surface area contributed by atoms with Crippen molar-refractivity contribution >= 4 is 19.9 Å². The molecule has 0 radical (unpaired) electrons. The van der Waals surface area contributed by atoms with Crippen molar-refractivity contribution in [2.45, 2.75) is 235 Å². The van der Waals surface area contributed by atoms with Crippen molar-refractivity contribution in [1.29, 1.82) is 0 Å². The summed E-state index contributed by atoms with van der Waals surface area (Å²) in [5, 5.41) is 0. The molecule has 0 aliphatic heterocycles. The summed E-state index contributed by atoms with van der Waals surface area (Å²) in [4.78, 5) is 27.1. The quantitative estimate of drug-likeness (QED) is 0.0265. The number of unbranched alkanes of at least 4 members (excludes halogenated alkanes) is 12. The fraction of sp³-hybridized carbons (Fsp3) is 0.889. The molecular formula is C54H104NO4P. The topological polar surface area (TPSA) is 55.8 Å². The van der Waals surface area contributed by atoms with Gasteiger partial charge in [0.05, 0.1) is 0 Å². The van der Waals surface area contributed by atoms with Crippen LogP contribution in [-0.4, -0.2) is 69.2 Å². The van der Waals surface area contributed by atoms with Crippen molar-refractivity contribution in [3.63, 3.8) is 0 Å². The van der Waals surface area contributed by atoms with Crippen LogP contribution in [0.25, 0.3) is 0 Å². The molecule has 0 saturated carbocycles. The highest BCUT2D eigenvalue weighted by atomic mass is 31.1. The van der Waals surface area contributed by atoms with Gasteiger partial charge in [-0.1, -0.05) is 202 Å². The van der Waals surface area contributed by atoms with Crippen molar-refractivity contribution in [3.05, 3.63) is 24.3 Å². The van der Waals surface area contributed by atoms with Crippen molar-refractivity contribution < 1.29 is 19.1 Å². The molecule has 1 unspecified atom stereocenters. The van der Waals surface area contributed by atoms with Gasteiger partial charge in [-0.3, -0.25) is 9.59 Å². The van der Waals surface area contributed by atoms with E-state index in [1.54, 1.807) is 0 Å². The predicted octanol–water partition coefficient (Wildman–Crippen LogP) is 16.5. The van der Waals surface area contributed by atoms with Gasteiger partial charge in [-0.05, 0) is 100 Å². The van der Waals surface area contributed by atoms with E-state index in [0.29, 0.717) is 36.9 Å². The molecule has 0 aromatic carbocycles. The Bertz CT molecular complexity index is 978. The van der Waals surface area contributed by atoms with Crippen LogP contribution >= 0.6 is 7.92 Å². The molecule has 0 rings (SSSR count). The first-order valence-corrected chi connectivity index (χ1v) is 27.7. The molecule has 60 heavy (non-hydrogen) atoms. The van der Waals surface area contributed by atoms with Crippen LogP contribution < -0.4 is 0 Å². The number of hydrogen-bond donors (Lipinski definition) is 0. The molecule has 0 spiro atoms. The SMILES string of the molecule is CCCCC(CC=CCOC(=O)CCCCCCCP(CCCCCCCC(=O)OCC=CCC(CCCC)CCCC)CC(C)(CC)CC(C)(C)CN(C)C)CCCC. The van der Waals surface area contributed by atoms with Gasteiger partial charge in [-0.25, -0.2) is 0 Å². The first-order chi connectivity index (χ1) is 28.8. The molecule has 6 heteroatoms. The number of carbonyl (C=O) groups excluding carboxylic acids is 2. The molecule has 0 amide bonds. The lowest BCUT2D eigenvalue weighted by Gasteiger charge is -2.40. The van der Waals surface area contributed by atoms with E-state index < -0.39 is 0 Å². The molecule has 0 N–H and O–H groups in total. The smallest absolute Gasteiger partial charge is 0.306 e. The van der Waals surface area contributed by atoms with E-state index in [1.807, 2.05) is 0 Å². The minimum absolute atomic E-state index is 0.0148. The van der Waals surface area contributed by atoms with Crippen molar-refractivity contribution in [2.24, 2.45) is 22.7 Å². The molecule has 5 nitrogen and oxygen atoms in total. The van der Waals surface area contributed by atoms with Crippen LogP contribution in [0.5, 0.6) is 0 Å². The highest BCUT2D eigenvalue weighted by molar-refractivity contribution is 7.57. The fourth-order valence-electron chi connectivity index (χ4n) is 9.31. The van der Waals surface area contributed by atoms with Gasteiger partial charge in [0, 0.05) is 19.4 Å². The van der Waals surface area contributed by atoms with Gasteiger partial charge in [-0.15, -0.1) is 7.92 Å². The minimum atomic E-state index is -0.0420. The third-order valence-electron chi connectivity index (χ3n) is 12.6. The van der Waals surface area contributed by atoms with E-state index in [-0.39, 0.29) is 19.9 Å². The second-order valence-electron chi connectivity index (χ2n) is 20.1. The minimum Gasteiger partial charge on any atom is -0.461 e. The maximum atomic E-state index is 12.4. The lowest BCUT2D eigenvalue weighted by Crippen LogP contribution is -2.35. The first-order valence-electron chi connectivity index (χ1n) is 25.8. The zero-order valence-electron chi connectivity index (χ0n) is 42.0. The molecule has 0 saturated heterocycles. The summed E-state index contributed by atoms with van der Waals surface area (Å²) in [7, 11) is 4.40. The first kappa shape index (κ1) is 58.8. The molecule has 0 aliphatic rings. The standard InChI is InChI=1S/C54H104NO4P/c1-11-16-34-49(35-17-12-2)38-28-30-42-58-51(56)40-26-22-20-24-32-44-60(48-54(8,15-5)46-53(6,7)47-55(9)10)45-33-25-21-23-27-41-52(57)59-43-31-29-39-50(36-18-13-3)37-19-14-4/h28-31,49-50H,11-27,32-48H2,1-10H3. The van der Waals surface area contributed by atoms with Crippen LogP contribution in [0.3, 0.4) is 0 Å². The molecule has 0 aromatic heterocycles. The lowest BCUT2D eigenvalue weighted by atomic mass is 9.73. The summed E-state index contributed by atoms with van der Waals surface area (Å²) in [6.07, 6.45) is 45.9. The third kappa shape index (κ3) is 36.3. The van der Waals surface area contributed by atoms with Crippen molar-refractivity contribution in [1.82, 2.24) is 4.90 Å². The van der Waals surface area contributed by atoms with E-state index in [1.165, 1.54) is 147 Å². The van der Waals surface area contributed by atoms with Gasteiger partial charge in [0.15, 0.2) is 0 Å². The molecule has 1 atom stereocenters. The Morgan fingerprint density at radius 3 is 1.30 bits per heavy atom. The average Bonchev–Trinajstić information content (AvgIpc) is 3.20. The molecule has 0 fully saturated rings. The Morgan fingerprint density at radius 2 is 0.933 bits per heavy atom. The predicted molar refractivity (Wildman–Crippen MR) is 267 cm³/mol. The number of carbonyl (C=O) groups is 2. The Labute approximate surface area is 377 Å². The van der Waals surface area contributed by atoms with E-state index in [9.17, 15) is 9.59 Å². The van der Waals surface area contributed by atoms with E-state index in [4.69, 9.17) is 9.47 Å². The Balaban J connectivity index is 4.68. The largest absolute Gasteiger partial charge is 0.461 e. The maximum absolute atomic E-state index is 12.4. The lowest BCUT2D eigenvalue weighted by molar-refractivity contribution is -0.143. The Kier molecular flexibility index (Phi) is 38.6. The summed E-state index contributed by atoms with van der Waals surface area (Å²) >= 11 is 0. The van der Waals surface area contributed by atoms with Gasteiger partial charge in [0.2, 0.25) is 0 Å². The molecular weight excluding hydrogens is 758 g/mol. The fourth-order valence-corrected chi connectivity index (χ4v) is 12.6. The summed E-state index contributed by atoms with van der Waals surface area (Å²) in [5.74, 6) is 1.46. The normalized spacial score (nSPS) is 13.9. The molecule has 0 heterocycles. The number of esters is 2. The van der Waals surface area contributed by atoms with Gasteiger partial charge in [0.1, 0.15) is 13.2 Å². The highest BCUT2D eigenvalue weighted by Crippen LogP contribution is 2.49. The second-order valence-corrected chi connectivity index (χ2v) is 22.7. The summed E-state index contributed by atoms with van der Waals surface area (Å²) in [5.41, 5.74) is 0.690. The Morgan fingerprint density at radius 1 is 0.550 bits per heavy atom. The van der Waals surface area contributed by atoms with E-state index >= 15 is 0 Å². The molecule has 354 valence electrons. The van der Waals surface area contributed by atoms with E-state index in [2.05, 4.69) is 98.7 Å². The number of rotatable bonds is 43. The number of nitrogens with zero attached hydrogens (tertiary/aromatic N) is 1. The van der Waals surface area contributed by atoms with Gasteiger partial charge in [0.25, 0.3) is 0 Å². The van der Waals surface area contributed by atoms with E-state index in [0.717, 1.165) is 56.9 Å². The van der Waals surface area contributed by atoms with Crippen LogP contribution in [0.2, 0.25) is 0 Å². The van der Waals surface area contributed by atoms with Crippen LogP contribution in [0, 0.1) is 22.7 Å². The van der Waals surface area contributed by atoms with Crippen LogP contribution in [-0.2, 0) is 19.1 Å². The summed E-state index contributed by atoms with van der Waals surface area (Å²) < 4.78 is 11.1. The zero-order chi connectivity index (χ0) is 44.7. The van der Waals surface area contributed by atoms with Crippen molar-refractivity contribution in [3.8, 4) is 0 Å². The third-order valence-corrected chi connectivity index (χ3v) is 15.7. The summed E-state index contributed by atoms with van der Waals surface area (Å²) in [6, 6.07) is 0.